The third-order valence-corrected chi connectivity index (χ3v) is 6.90. The summed E-state index contributed by atoms with van der Waals surface area (Å²) >= 11 is 1.65. The molecule has 4 rings (SSSR count). The fourth-order valence-corrected chi connectivity index (χ4v) is 5.21. The number of benzene rings is 2. The van der Waals surface area contributed by atoms with E-state index in [1.807, 2.05) is 53.4 Å². The van der Waals surface area contributed by atoms with Gasteiger partial charge >= 0.3 is 0 Å². The second-order valence-electron chi connectivity index (χ2n) is 7.92. The summed E-state index contributed by atoms with van der Waals surface area (Å²) < 4.78 is 5.44. The lowest BCUT2D eigenvalue weighted by Crippen LogP contribution is -2.30. The number of carbonyl (C=O) groups excluding carboxylic acids is 1. The highest BCUT2D eigenvalue weighted by Crippen LogP contribution is 2.38. The van der Waals surface area contributed by atoms with Crippen LogP contribution >= 0.6 is 11.8 Å². The van der Waals surface area contributed by atoms with Crippen LogP contribution in [-0.4, -0.2) is 41.2 Å². The number of hydrogen-bond acceptors (Lipinski definition) is 6. The molecule has 0 bridgehead atoms. The Balaban J connectivity index is 1.38. The molecule has 1 saturated heterocycles. The molecular weight excluding hydrogens is 420 g/mol. The number of amides is 1. The smallest absolute Gasteiger partial charge is 0.233 e. The van der Waals surface area contributed by atoms with Gasteiger partial charge in [-0.25, -0.2) is 0 Å². The number of nitriles is 1. The molecule has 0 radical (unpaired) electrons. The number of carbonyl (C=O) groups is 1. The summed E-state index contributed by atoms with van der Waals surface area (Å²) in [6.07, 6.45) is 3.60. The molecule has 3 aromatic rings. The van der Waals surface area contributed by atoms with E-state index in [1.54, 1.807) is 25.1 Å². The molecule has 164 valence electrons. The second kappa shape index (κ2) is 9.92. The number of nitrogens with one attached hydrogen (secondary N) is 1. The summed E-state index contributed by atoms with van der Waals surface area (Å²) in [5, 5.41) is 13.6. The van der Waals surface area contributed by atoms with Crippen molar-refractivity contribution < 1.29 is 9.53 Å². The minimum atomic E-state index is 0.0186. The van der Waals surface area contributed by atoms with Crippen LogP contribution in [0.3, 0.4) is 0 Å². The van der Waals surface area contributed by atoms with Crippen LogP contribution in [0.25, 0.3) is 10.9 Å². The number of ether oxygens (including phenoxy) is 1. The minimum absolute atomic E-state index is 0.0186. The summed E-state index contributed by atoms with van der Waals surface area (Å²) in [6, 6.07) is 17.8. The van der Waals surface area contributed by atoms with E-state index in [-0.39, 0.29) is 17.3 Å². The van der Waals surface area contributed by atoms with Crippen LogP contribution in [0.5, 0.6) is 5.75 Å². The van der Waals surface area contributed by atoms with Crippen molar-refractivity contribution in [3.05, 3.63) is 65.9 Å². The standard InChI is InChI=1S/C25H26N4O2S/c1-17(28-22-14-21(31-2)13-20-6-3-11-27-24(20)22)5-4-12-29-23(30)16-32-25(29)19-9-7-18(15-26)8-10-19/h3,6-11,13-14,17,25,28H,4-5,12,16H2,1-2H3. The van der Waals surface area contributed by atoms with E-state index >= 15 is 0 Å². The molecule has 1 N–H and O–H groups in total. The van der Waals surface area contributed by atoms with Gasteiger partial charge in [-0.2, -0.15) is 5.26 Å². The molecule has 1 fully saturated rings. The third kappa shape index (κ3) is 4.81. The molecule has 7 heteroatoms. The Bertz CT molecular complexity index is 1140. The molecule has 1 aliphatic heterocycles. The van der Waals surface area contributed by atoms with Gasteiger partial charge in [-0.05, 0) is 49.6 Å². The first kappa shape index (κ1) is 22.0. The van der Waals surface area contributed by atoms with Gasteiger partial charge in [0.15, 0.2) is 0 Å². The molecule has 1 aliphatic rings. The summed E-state index contributed by atoms with van der Waals surface area (Å²) in [6.45, 7) is 2.85. The molecule has 32 heavy (non-hydrogen) atoms. The maximum atomic E-state index is 12.5. The molecule has 2 heterocycles. The third-order valence-electron chi connectivity index (χ3n) is 5.65. The zero-order valence-corrected chi connectivity index (χ0v) is 19.1. The summed E-state index contributed by atoms with van der Waals surface area (Å²) in [4.78, 5) is 19.0. The second-order valence-corrected chi connectivity index (χ2v) is 8.99. The van der Waals surface area contributed by atoms with E-state index in [2.05, 4.69) is 23.3 Å². The van der Waals surface area contributed by atoms with Gasteiger partial charge in [0, 0.05) is 30.2 Å². The Labute approximate surface area is 192 Å². The van der Waals surface area contributed by atoms with Crippen LogP contribution in [0, 0.1) is 11.3 Å². The van der Waals surface area contributed by atoms with Gasteiger partial charge in [0.2, 0.25) is 5.91 Å². The fourth-order valence-electron chi connectivity index (χ4n) is 3.99. The molecule has 2 atom stereocenters. The highest BCUT2D eigenvalue weighted by molar-refractivity contribution is 8.00. The Morgan fingerprint density at radius 2 is 2.12 bits per heavy atom. The highest BCUT2D eigenvalue weighted by Gasteiger charge is 2.32. The molecule has 6 nitrogen and oxygen atoms in total. The van der Waals surface area contributed by atoms with Gasteiger partial charge in [0.1, 0.15) is 11.1 Å². The Morgan fingerprint density at radius 1 is 1.31 bits per heavy atom. The summed E-state index contributed by atoms with van der Waals surface area (Å²) in [5.74, 6) is 1.47. The van der Waals surface area contributed by atoms with E-state index in [4.69, 9.17) is 10.00 Å². The van der Waals surface area contributed by atoms with Crippen LogP contribution in [0.1, 0.15) is 36.3 Å². The predicted octanol–water partition coefficient (Wildman–Crippen LogP) is 4.97. The first-order valence-electron chi connectivity index (χ1n) is 10.7. The summed E-state index contributed by atoms with van der Waals surface area (Å²) in [7, 11) is 1.67. The van der Waals surface area contributed by atoms with Crippen molar-refractivity contribution in [2.75, 3.05) is 24.7 Å². The van der Waals surface area contributed by atoms with E-state index in [9.17, 15) is 4.79 Å². The zero-order valence-electron chi connectivity index (χ0n) is 18.2. The van der Waals surface area contributed by atoms with Crippen LogP contribution in [0.2, 0.25) is 0 Å². The fraction of sp³-hybridized carbons (Fsp3) is 0.320. The van der Waals surface area contributed by atoms with Crippen molar-refractivity contribution in [1.82, 2.24) is 9.88 Å². The monoisotopic (exact) mass is 446 g/mol. The number of rotatable bonds is 8. The molecule has 0 saturated carbocycles. The molecular formula is C25H26N4O2S. The predicted molar refractivity (Wildman–Crippen MR) is 129 cm³/mol. The normalized spacial score (nSPS) is 16.7. The zero-order chi connectivity index (χ0) is 22.5. The summed E-state index contributed by atoms with van der Waals surface area (Å²) in [5.41, 5.74) is 3.58. The highest BCUT2D eigenvalue weighted by atomic mass is 32.2. The van der Waals surface area contributed by atoms with Gasteiger partial charge in [-0.3, -0.25) is 9.78 Å². The maximum Gasteiger partial charge on any atom is 0.233 e. The van der Waals surface area contributed by atoms with Crippen molar-refractivity contribution in [3.63, 3.8) is 0 Å². The SMILES string of the molecule is COc1cc(NC(C)CCCN2C(=O)CSC2c2ccc(C#N)cc2)c2ncccc2c1. The number of fused-ring (bicyclic) bond motifs is 1. The minimum Gasteiger partial charge on any atom is -0.497 e. The van der Waals surface area contributed by atoms with Gasteiger partial charge in [-0.15, -0.1) is 11.8 Å². The quantitative estimate of drug-likeness (QED) is 0.526. The number of methoxy groups -OCH3 is 1. The first-order valence-corrected chi connectivity index (χ1v) is 11.7. The van der Waals surface area contributed by atoms with Gasteiger partial charge in [0.05, 0.1) is 35.7 Å². The first-order chi connectivity index (χ1) is 15.6. The lowest BCUT2D eigenvalue weighted by Gasteiger charge is -2.25. The van der Waals surface area contributed by atoms with E-state index < -0.39 is 0 Å². The largest absolute Gasteiger partial charge is 0.497 e. The van der Waals surface area contributed by atoms with Crippen LogP contribution in [-0.2, 0) is 4.79 Å². The Morgan fingerprint density at radius 3 is 2.88 bits per heavy atom. The number of anilines is 1. The van der Waals surface area contributed by atoms with E-state index in [0.29, 0.717) is 17.9 Å². The van der Waals surface area contributed by atoms with Gasteiger partial charge < -0.3 is 15.0 Å². The average molecular weight is 447 g/mol. The lowest BCUT2D eigenvalue weighted by molar-refractivity contribution is -0.128. The lowest BCUT2D eigenvalue weighted by atomic mass is 10.1. The van der Waals surface area contributed by atoms with E-state index in [0.717, 1.165) is 40.7 Å². The van der Waals surface area contributed by atoms with Crippen molar-refractivity contribution >= 4 is 34.3 Å². The van der Waals surface area contributed by atoms with Crippen molar-refractivity contribution in [1.29, 1.82) is 5.26 Å². The number of hydrogen-bond donors (Lipinski definition) is 1. The molecule has 0 spiro atoms. The van der Waals surface area contributed by atoms with Crippen LogP contribution < -0.4 is 10.1 Å². The molecule has 1 aromatic heterocycles. The number of nitrogens with zero attached hydrogens (tertiary/aromatic N) is 3. The molecule has 2 unspecified atom stereocenters. The molecule has 1 amide bonds. The van der Waals surface area contributed by atoms with Crippen molar-refractivity contribution in [3.8, 4) is 11.8 Å². The van der Waals surface area contributed by atoms with Crippen molar-refractivity contribution in [2.45, 2.75) is 31.2 Å². The van der Waals surface area contributed by atoms with Gasteiger partial charge in [0.25, 0.3) is 0 Å². The van der Waals surface area contributed by atoms with Crippen molar-refractivity contribution in [2.24, 2.45) is 0 Å². The van der Waals surface area contributed by atoms with Crippen LogP contribution in [0.15, 0.2) is 54.7 Å². The van der Waals surface area contributed by atoms with Crippen LogP contribution in [0.4, 0.5) is 5.69 Å². The Hall–Kier alpha value is -3.24. The topological polar surface area (TPSA) is 78.2 Å². The maximum absolute atomic E-state index is 12.5. The molecule has 2 aromatic carbocycles. The Kier molecular flexibility index (Phi) is 6.81. The number of thioether (sulfide) groups is 1. The average Bonchev–Trinajstić information content (AvgIpc) is 3.19. The van der Waals surface area contributed by atoms with Gasteiger partial charge in [-0.1, -0.05) is 18.2 Å². The van der Waals surface area contributed by atoms with E-state index in [1.165, 1.54) is 0 Å². The number of aromatic nitrogens is 1. The molecule has 0 aliphatic carbocycles. The number of pyridine rings is 1.